The fourth-order valence-corrected chi connectivity index (χ4v) is 2.74. The molecule has 0 aliphatic heterocycles. The summed E-state index contributed by atoms with van der Waals surface area (Å²) in [6.45, 7) is 0. The number of nitrogen functional groups attached to an aromatic ring is 1. The number of hydrogen-bond acceptors (Lipinski definition) is 6. The lowest BCUT2D eigenvalue weighted by Crippen LogP contribution is -2.02. The molecule has 0 fully saturated rings. The standard InChI is InChI=1S/C21H17N5O2/c1-27-17-9-8-14(19(11-17)28-2)10-15(12-22)20-18(13-23)21(24)26(25-20)16-6-4-3-5-7-16/h3-11H,24H2,1-2H3. The predicted octanol–water partition coefficient (Wildman–Crippen LogP) is 3.41. The van der Waals surface area contributed by atoms with Crippen LogP contribution in [0, 0.1) is 22.7 Å². The molecule has 0 spiro atoms. The molecule has 0 amide bonds. The molecule has 3 rings (SSSR count). The summed E-state index contributed by atoms with van der Waals surface area (Å²) in [5, 5.41) is 23.7. The third-order valence-electron chi connectivity index (χ3n) is 4.15. The molecule has 0 saturated carbocycles. The summed E-state index contributed by atoms with van der Waals surface area (Å²) in [6, 6.07) is 18.6. The van der Waals surface area contributed by atoms with Crippen LogP contribution in [0.2, 0.25) is 0 Å². The number of allylic oxidation sites excluding steroid dienone is 1. The molecule has 3 aromatic rings. The Labute approximate surface area is 162 Å². The number of aromatic nitrogens is 2. The van der Waals surface area contributed by atoms with E-state index in [1.54, 1.807) is 31.4 Å². The van der Waals surface area contributed by atoms with Gasteiger partial charge in [0.15, 0.2) is 0 Å². The first-order valence-corrected chi connectivity index (χ1v) is 8.31. The van der Waals surface area contributed by atoms with E-state index in [4.69, 9.17) is 15.2 Å². The summed E-state index contributed by atoms with van der Waals surface area (Å²) in [5.41, 5.74) is 8.02. The molecule has 28 heavy (non-hydrogen) atoms. The summed E-state index contributed by atoms with van der Waals surface area (Å²) < 4.78 is 12.0. The molecular formula is C21H17N5O2. The number of anilines is 1. The van der Waals surface area contributed by atoms with Crippen LogP contribution in [0.3, 0.4) is 0 Å². The molecule has 1 heterocycles. The van der Waals surface area contributed by atoms with E-state index in [0.717, 1.165) is 0 Å². The van der Waals surface area contributed by atoms with Crippen molar-refractivity contribution in [1.82, 2.24) is 9.78 Å². The molecule has 0 aliphatic carbocycles. The van der Waals surface area contributed by atoms with Gasteiger partial charge in [-0.25, -0.2) is 4.68 Å². The van der Waals surface area contributed by atoms with Crippen LogP contribution < -0.4 is 15.2 Å². The van der Waals surface area contributed by atoms with Crippen molar-refractivity contribution in [2.45, 2.75) is 0 Å². The lowest BCUT2D eigenvalue weighted by atomic mass is 10.1. The van der Waals surface area contributed by atoms with Gasteiger partial charge in [-0.1, -0.05) is 18.2 Å². The number of hydrogen-bond donors (Lipinski definition) is 1. The van der Waals surface area contributed by atoms with Crippen LogP contribution in [0.15, 0.2) is 48.5 Å². The van der Waals surface area contributed by atoms with E-state index in [9.17, 15) is 10.5 Å². The topological polar surface area (TPSA) is 110 Å². The highest BCUT2D eigenvalue weighted by atomic mass is 16.5. The third kappa shape index (κ3) is 3.37. The van der Waals surface area contributed by atoms with E-state index in [0.29, 0.717) is 22.7 Å². The minimum Gasteiger partial charge on any atom is -0.497 e. The molecule has 0 aliphatic rings. The average Bonchev–Trinajstić information content (AvgIpc) is 3.08. The van der Waals surface area contributed by atoms with Gasteiger partial charge >= 0.3 is 0 Å². The van der Waals surface area contributed by atoms with Gasteiger partial charge in [0, 0.05) is 11.6 Å². The second-order valence-electron chi connectivity index (χ2n) is 5.75. The highest BCUT2D eigenvalue weighted by Crippen LogP contribution is 2.31. The van der Waals surface area contributed by atoms with Gasteiger partial charge in [0.25, 0.3) is 0 Å². The van der Waals surface area contributed by atoms with Crippen molar-refractivity contribution in [3.63, 3.8) is 0 Å². The number of ether oxygens (including phenoxy) is 2. The lowest BCUT2D eigenvalue weighted by molar-refractivity contribution is 0.394. The minimum absolute atomic E-state index is 0.143. The Balaban J connectivity index is 2.15. The number of nitrogens with zero attached hydrogens (tertiary/aromatic N) is 4. The fraction of sp³-hybridized carbons (Fsp3) is 0.0952. The van der Waals surface area contributed by atoms with Crippen LogP contribution in [-0.2, 0) is 0 Å². The molecule has 0 saturated heterocycles. The summed E-state index contributed by atoms with van der Waals surface area (Å²) in [7, 11) is 3.09. The Morgan fingerprint density at radius 3 is 2.46 bits per heavy atom. The zero-order chi connectivity index (χ0) is 20.1. The zero-order valence-electron chi connectivity index (χ0n) is 15.4. The van der Waals surface area contributed by atoms with Crippen LogP contribution in [0.5, 0.6) is 11.5 Å². The molecule has 1 aromatic heterocycles. The molecule has 0 bridgehead atoms. The van der Waals surface area contributed by atoms with Crippen LogP contribution in [0.25, 0.3) is 17.3 Å². The molecule has 2 N–H and O–H groups in total. The number of methoxy groups -OCH3 is 2. The van der Waals surface area contributed by atoms with Crippen molar-refractivity contribution < 1.29 is 9.47 Å². The maximum absolute atomic E-state index is 9.71. The quantitative estimate of drug-likeness (QED) is 0.688. The summed E-state index contributed by atoms with van der Waals surface area (Å²) in [6.07, 6.45) is 1.61. The second-order valence-corrected chi connectivity index (χ2v) is 5.75. The summed E-state index contributed by atoms with van der Waals surface area (Å²) in [5.74, 6) is 1.33. The largest absolute Gasteiger partial charge is 0.497 e. The van der Waals surface area contributed by atoms with Gasteiger partial charge in [-0.05, 0) is 30.3 Å². The Bertz CT molecular complexity index is 1120. The molecule has 7 heteroatoms. The summed E-state index contributed by atoms with van der Waals surface area (Å²) in [4.78, 5) is 0. The van der Waals surface area contributed by atoms with Crippen molar-refractivity contribution in [2.75, 3.05) is 20.0 Å². The molecule has 7 nitrogen and oxygen atoms in total. The van der Waals surface area contributed by atoms with Gasteiger partial charge in [0.2, 0.25) is 0 Å². The van der Waals surface area contributed by atoms with Crippen LogP contribution in [-0.4, -0.2) is 24.0 Å². The SMILES string of the molecule is COc1ccc(C=C(C#N)c2nn(-c3ccccc3)c(N)c2C#N)c(OC)c1. The van der Waals surface area contributed by atoms with Gasteiger partial charge < -0.3 is 15.2 Å². The first kappa shape index (κ1) is 18.6. The maximum atomic E-state index is 9.71. The highest BCUT2D eigenvalue weighted by Gasteiger charge is 2.20. The van der Waals surface area contributed by atoms with Gasteiger partial charge in [-0.15, -0.1) is 0 Å². The third-order valence-corrected chi connectivity index (χ3v) is 4.15. The molecule has 0 radical (unpaired) electrons. The van der Waals surface area contributed by atoms with Crippen molar-refractivity contribution in [2.24, 2.45) is 0 Å². The van der Waals surface area contributed by atoms with Crippen molar-refractivity contribution in [3.8, 4) is 29.3 Å². The summed E-state index contributed by atoms with van der Waals surface area (Å²) >= 11 is 0. The van der Waals surface area contributed by atoms with Gasteiger partial charge in [0.05, 0.1) is 25.5 Å². The average molecular weight is 371 g/mol. The predicted molar refractivity (Wildman–Crippen MR) is 106 cm³/mol. The molecular weight excluding hydrogens is 354 g/mol. The first-order valence-electron chi connectivity index (χ1n) is 8.31. The highest BCUT2D eigenvalue weighted by molar-refractivity contribution is 5.92. The molecule has 0 unspecified atom stereocenters. The number of rotatable bonds is 5. The Kier molecular flexibility index (Phi) is 5.29. The van der Waals surface area contributed by atoms with Crippen LogP contribution in [0.1, 0.15) is 16.8 Å². The van der Waals surface area contributed by atoms with Crippen molar-refractivity contribution in [3.05, 3.63) is 65.4 Å². The van der Waals surface area contributed by atoms with Crippen LogP contribution in [0.4, 0.5) is 5.82 Å². The lowest BCUT2D eigenvalue weighted by Gasteiger charge is -2.07. The molecule has 0 atom stereocenters. The van der Waals surface area contributed by atoms with Crippen molar-refractivity contribution >= 4 is 17.5 Å². The molecule has 138 valence electrons. The van der Waals surface area contributed by atoms with E-state index in [1.165, 1.54) is 11.8 Å². The van der Waals surface area contributed by atoms with E-state index in [1.807, 2.05) is 36.4 Å². The van der Waals surface area contributed by atoms with Gasteiger partial charge in [-0.2, -0.15) is 15.6 Å². The molecule has 2 aromatic carbocycles. The maximum Gasteiger partial charge on any atom is 0.145 e. The van der Waals surface area contributed by atoms with Crippen molar-refractivity contribution in [1.29, 1.82) is 10.5 Å². The number of nitrogens with two attached hydrogens (primary N) is 1. The monoisotopic (exact) mass is 371 g/mol. The van der Waals surface area contributed by atoms with Gasteiger partial charge in [-0.3, -0.25) is 0 Å². The van der Waals surface area contributed by atoms with Gasteiger partial charge in [0.1, 0.15) is 40.7 Å². The van der Waals surface area contributed by atoms with Crippen LogP contribution >= 0.6 is 0 Å². The smallest absolute Gasteiger partial charge is 0.145 e. The van der Waals surface area contributed by atoms with E-state index in [-0.39, 0.29) is 22.6 Å². The van der Waals surface area contributed by atoms with E-state index >= 15 is 0 Å². The normalized spacial score (nSPS) is 10.8. The van der Waals surface area contributed by atoms with E-state index < -0.39 is 0 Å². The Hall–Kier alpha value is -4.23. The minimum atomic E-state index is 0.143. The number of nitriles is 2. The first-order chi connectivity index (χ1) is 13.6. The second kappa shape index (κ2) is 7.98. The Morgan fingerprint density at radius 1 is 1.11 bits per heavy atom. The fourth-order valence-electron chi connectivity index (χ4n) is 2.74. The zero-order valence-corrected chi connectivity index (χ0v) is 15.4. The number of benzene rings is 2. The Morgan fingerprint density at radius 2 is 1.86 bits per heavy atom. The number of para-hydroxylation sites is 1. The van der Waals surface area contributed by atoms with E-state index in [2.05, 4.69) is 11.2 Å².